The fraction of sp³-hybridized carbons (Fsp3) is 0.174. The molecule has 0 atom stereocenters. The highest BCUT2D eigenvalue weighted by atomic mass is 19.1. The van der Waals surface area contributed by atoms with Gasteiger partial charge in [-0.25, -0.2) is 14.2 Å². The molecule has 1 heterocycles. The maximum atomic E-state index is 13.5. The number of benzene rings is 2. The van der Waals surface area contributed by atoms with Crippen LogP contribution in [-0.2, 0) is 9.53 Å². The highest BCUT2D eigenvalue weighted by molar-refractivity contribution is 6.03. The zero-order valence-corrected chi connectivity index (χ0v) is 16.6. The lowest BCUT2D eigenvalue weighted by Crippen LogP contribution is -2.18. The molecule has 0 bridgehead atoms. The molecule has 0 aliphatic carbocycles. The van der Waals surface area contributed by atoms with Crippen molar-refractivity contribution in [2.75, 3.05) is 11.9 Å². The molecule has 6 nitrogen and oxygen atoms in total. The van der Waals surface area contributed by atoms with Gasteiger partial charge in [0.2, 0.25) is 0 Å². The SMILES string of the molecule is CC(C)OC(=O)COc1cccc(NC(=O)c2cccc(-c3cccc(F)c3)n2)c1. The lowest BCUT2D eigenvalue weighted by atomic mass is 10.1. The van der Waals surface area contributed by atoms with E-state index in [1.807, 2.05) is 0 Å². The molecule has 154 valence electrons. The van der Waals surface area contributed by atoms with Gasteiger partial charge in [-0.15, -0.1) is 0 Å². The Hall–Kier alpha value is -3.74. The maximum Gasteiger partial charge on any atom is 0.344 e. The van der Waals surface area contributed by atoms with E-state index in [9.17, 15) is 14.0 Å². The summed E-state index contributed by atoms with van der Waals surface area (Å²) in [5.74, 6) is -0.865. The smallest absolute Gasteiger partial charge is 0.344 e. The standard InChI is InChI=1S/C23H21FN2O4/c1-15(2)30-22(27)14-29-19-9-4-8-18(13-19)25-23(28)21-11-5-10-20(26-21)16-6-3-7-17(24)12-16/h3-13,15H,14H2,1-2H3,(H,25,28). The van der Waals surface area contributed by atoms with Crippen LogP contribution in [0.2, 0.25) is 0 Å². The Morgan fingerprint density at radius 1 is 1.03 bits per heavy atom. The Balaban J connectivity index is 1.68. The molecule has 0 saturated carbocycles. The van der Waals surface area contributed by atoms with Crippen molar-refractivity contribution in [3.63, 3.8) is 0 Å². The third-order valence-corrected chi connectivity index (χ3v) is 3.92. The molecule has 1 aromatic heterocycles. The van der Waals surface area contributed by atoms with E-state index >= 15 is 0 Å². The first-order valence-electron chi connectivity index (χ1n) is 9.37. The second-order valence-corrected chi connectivity index (χ2v) is 6.73. The average Bonchev–Trinajstić information content (AvgIpc) is 2.72. The van der Waals surface area contributed by atoms with Gasteiger partial charge in [-0.05, 0) is 50.2 Å². The molecule has 1 N–H and O–H groups in total. The zero-order chi connectivity index (χ0) is 21.5. The van der Waals surface area contributed by atoms with Crippen LogP contribution in [0.4, 0.5) is 10.1 Å². The number of anilines is 1. The Kier molecular flexibility index (Phi) is 6.75. The zero-order valence-electron chi connectivity index (χ0n) is 16.6. The summed E-state index contributed by atoms with van der Waals surface area (Å²) in [7, 11) is 0. The van der Waals surface area contributed by atoms with E-state index in [0.717, 1.165) is 0 Å². The third kappa shape index (κ3) is 5.88. The molecule has 0 spiro atoms. The van der Waals surface area contributed by atoms with Gasteiger partial charge in [0.25, 0.3) is 5.91 Å². The number of ether oxygens (including phenoxy) is 2. The molecule has 0 radical (unpaired) electrons. The number of rotatable bonds is 7. The molecular formula is C23H21FN2O4. The van der Waals surface area contributed by atoms with E-state index in [1.165, 1.54) is 12.1 Å². The quantitative estimate of drug-likeness (QED) is 0.584. The van der Waals surface area contributed by atoms with Crippen LogP contribution in [0.15, 0.2) is 66.7 Å². The fourth-order valence-corrected chi connectivity index (χ4v) is 2.67. The van der Waals surface area contributed by atoms with E-state index in [1.54, 1.807) is 68.4 Å². The molecule has 0 aliphatic rings. The molecular weight excluding hydrogens is 387 g/mol. The highest BCUT2D eigenvalue weighted by Gasteiger charge is 2.11. The predicted molar refractivity (Wildman–Crippen MR) is 111 cm³/mol. The summed E-state index contributed by atoms with van der Waals surface area (Å²) in [6.45, 7) is 3.28. The Bertz CT molecular complexity index is 1050. The third-order valence-electron chi connectivity index (χ3n) is 3.92. The molecule has 0 fully saturated rings. The number of amides is 1. The van der Waals surface area contributed by atoms with Crippen molar-refractivity contribution >= 4 is 17.6 Å². The number of hydrogen-bond donors (Lipinski definition) is 1. The van der Waals surface area contributed by atoms with Crippen molar-refractivity contribution in [3.8, 4) is 17.0 Å². The molecule has 7 heteroatoms. The monoisotopic (exact) mass is 408 g/mol. The van der Waals surface area contributed by atoms with Gasteiger partial charge in [0, 0.05) is 17.3 Å². The summed E-state index contributed by atoms with van der Waals surface area (Å²) >= 11 is 0. The number of pyridine rings is 1. The molecule has 2 aromatic carbocycles. The normalized spacial score (nSPS) is 10.5. The van der Waals surface area contributed by atoms with E-state index in [4.69, 9.17) is 9.47 Å². The molecule has 1 amide bonds. The van der Waals surface area contributed by atoms with Crippen molar-refractivity contribution < 1.29 is 23.5 Å². The van der Waals surface area contributed by atoms with E-state index < -0.39 is 11.9 Å². The summed E-state index contributed by atoms with van der Waals surface area (Å²) in [5.41, 5.74) is 1.73. The van der Waals surface area contributed by atoms with Crippen molar-refractivity contribution in [1.82, 2.24) is 4.98 Å². The topological polar surface area (TPSA) is 77.5 Å². The molecule has 0 aliphatic heterocycles. The predicted octanol–water partition coefficient (Wildman–Crippen LogP) is 4.47. The number of carbonyl (C=O) groups is 2. The number of aromatic nitrogens is 1. The average molecular weight is 408 g/mol. The minimum absolute atomic E-state index is 0.184. The number of esters is 1. The van der Waals surface area contributed by atoms with Crippen LogP contribution in [0.1, 0.15) is 24.3 Å². The molecule has 3 rings (SSSR count). The molecule has 0 unspecified atom stereocenters. The van der Waals surface area contributed by atoms with Gasteiger partial charge >= 0.3 is 5.97 Å². The lowest BCUT2D eigenvalue weighted by Gasteiger charge is -2.11. The van der Waals surface area contributed by atoms with Crippen molar-refractivity contribution in [2.45, 2.75) is 20.0 Å². The minimum Gasteiger partial charge on any atom is -0.482 e. The summed E-state index contributed by atoms with van der Waals surface area (Å²) in [6.07, 6.45) is -0.220. The van der Waals surface area contributed by atoms with Crippen LogP contribution < -0.4 is 10.1 Å². The van der Waals surface area contributed by atoms with Gasteiger partial charge in [-0.2, -0.15) is 0 Å². The summed E-state index contributed by atoms with van der Waals surface area (Å²) in [4.78, 5) is 28.5. The van der Waals surface area contributed by atoms with Crippen LogP contribution in [0.3, 0.4) is 0 Å². The van der Waals surface area contributed by atoms with E-state index in [2.05, 4.69) is 10.3 Å². The van der Waals surface area contributed by atoms with Crippen molar-refractivity contribution in [3.05, 3.63) is 78.2 Å². The van der Waals surface area contributed by atoms with Gasteiger partial charge in [-0.3, -0.25) is 4.79 Å². The Labute approximate surface area is 173 Å². The fourth-order valence-electron chi connectivity index (χ4n) is 2.67. The second-order valence-electron chi connectivity index (χ2n) is 6.73. The van der Waals surface area contributed by atoms with Crippen LogP contribution in [-0.4, -0.2) is 29.6 Å². The van der Waals surface area contributed by atoms with Gasteiger partial charge in [-0.1, -0.05) is 24.3 Å². The van der Waals surface area contributed by atoms with Crippen molar-refractivity contribution in [1.29, 1.82) is 0 Å². The largest absolute Gasteiger partial charge is 0.482 e. The van der Waals surface area contributed by atoms with Crippen molar-refractivity contribution in [2.24, 2.45) is 0 Å². The number of nitrogens with zero attached hydrogens (tertiary/aromatic N) is 1. The van der Waals surface area contributed by atoms with Gasteiger partial charge in [0.05, 0.1) is 11.8 Å². The van der Waals surface area contributed by atoms with Crippen LogP contribution >= 0.6 is 0 Å². The van der Waals surface area contributed by atoms with E-state index in [0.29, 0.717) is 22.7 Å². The molecule has 3 aromatic rings. The summed E-state index contributed by atoms with van der Waals surface area (Å²) in [5, 5.41) is 2.74. The second kappa shape index (κ2) is 9.65. The Morgan fingerprint density at radius 2 is 1.80 bits per heavy atom. The first-order chi connectivity index (χ1) is 14.4. The molecule has 30 heavy (non-hydrogen) atoms. The van der Waals surface area contributed by atoms with Gasteiger partial charge < -0.3 is 14.8 Å². The number of hydrogen-bond acceptors (Lipinski definition) is 5. The maximum absolute atomic E-state index is 13.5. The highest BCUT2D eigenvalue weighted by Crippen LogP contribution is 2.20. The van der Waals surface area contributed by atoms with Gasteiger partial charge in [0.1, 0.15) is 17.3 Å². The minimum atomic E-state index is -0.474. The van der Waals surface area contributed by atoms with Crippen LogP contribution in [0.25, 0.3) is 11.3 Å². The molecule has 0 saturated heterocycles. The van der Waals surface area contributed by atoms with Gasteiger partial charge in [0.15, 0.2) is 6.61 Å². The van der Waals surface area contributed by atoms with E-state index in [-0.39, 0.29) is 24.2 Å². The summed E-state index contributed by atoms with van der Waals surface area (Å²) < 4.78 is 23.9. The lowest BCUT2D eigenvalue weighted by molar-refractivity contribution is -0.149. The first kappa shape index (κ1) is 21.0. The summed E-state index contributed by atoms with van der Waals surface area (Å²) in [6, 6.07) is 17.6. The first-order valence-corrected chi connectivity index (χ1v) is 9.37. The number of carbonyl (C=O) groups excluding carboxylic acids is 2. The van der Waals surface area contributed by atoms with Crippen LogP contribution in [0.5, 0.6) is 5.75 Å². The van der Waals surface area contributed by atoms with Crippen LogP contribution in [0, 0.1) is 5.82 Å². The number of nitrogens with one attached hydrogen (secondary N) is 1. The Morgan fingerprint density at radius 3 is 2.57 bits per heavy atom. The number of halogens is 1.